The van der Waals surface area contributed by atoms with E-state index in [9.17, 15) is 5.11 Å². The molecule has 0 amide bonds. The molecule has 4 nitrogen and oxygen atoms in total. The van der Waals surface area contributed by atoms with Crippen molar-refractivity contribution in [2.75, 3.05) is 0 Å². The Hall–Kier alpha value is -7.04. The minimum atomic E-state index is -2.78. The van der Waals surface area contributed by atoms with E-state index in [2.05, 4.69) is 48.5 Å². The molecule has 9 aromatic rings. The Labute approximate surface area is 336 Å². The number of nitrogens with zero attached hydrogens (tertiary/aromatic N) is 3. The molecule has 0 bridgehead atoms. The standard InChI is InChI=1S/C52H41N3O/c1-33-25-35(3)51(56)47(26-33)52-54-50-45(21-14-22-49(50)55(52)44-27-34(2)36(4)46(32-44)39-19-12-7-13-20-39)42-28-41(38-17-10-6-11-18-38)29-43(30-42)48-31-40(23-24-53-48)37-15-8-5-9-16-37/h5-32,56H,1-4H3/i2D3,4D3. The van der Waals surface area contributed by atoms with Crippen molar-refractivity contribution in [3.63, 3.8) is 0 Å². The molecule has 0 aliphatic carbocycles. The van der Waals surface area contributed by atoms with E-state index in [1.54, 1.807) is 30.3 Å². The molecule has 2 aromatic heterocycles. The Morgan fingerprint density at radius 2 is 1.20 bits per heavy atom. The van der Waals surface area contributed by atoms with E-state index < -0.39 is 13.7 Å². The number of hydrogen-bond acceptors (Lipinski definition) is 3. The highest BCUT2D eigenvalue weighted by molar-refractivity contribution is 5.98. The van der Waals surface area contributed by atoms with Crippen molar-refractivity contribution < 1.29 is 13.3 Å². The number of aromatic hydroxyl groups is 1. The molecule has 0 radical (unpaired) electrons. The third kappa shape index (κ3) is 6.35. The second kappa shape index (κ2) is 14.3. The van der Waals surface area contributed by atoms with Gasteiger partial charge in [0.15, 0.2) is 0 Å². The number of phenols is 1. The molecule has 0 fully saturated rings. The Balaban J connectivity index is 1.35. The predicted octanol–water partition coefficient (Wildman–Crippen LogP) is 13.4. The molecule has 1 N–H and O–H groups in total. The normalized spacial score (nSPS) is 13.3. The van der Waals surface area contributed by atoms with Crippen LogP contribution in [0.4, 0.5) is 0 Å². The number of imidazole rings is 1. The summed E-state index contributed by atoms with van der Waals surface area (Å²) in [5, 5.41) is 11.7. The third-order valence-electron chi connectivity index (χ3n) is 10.4. The molecule has 2 heterocycles. The number of rotatable bonds is 7. The van der Waals surface area contributed by atoms with E-state index in [0.717, 1.165) is 50.2 Å². The van der Waals surface area contributed by atoms with Crippen LogP contribution < -0.4 is 0 Å². The van der Waals surface area contributed by atoms with Gasteiger partial charge in [-0.2, -0.15) is 0 Å². The monoisotopic (exact) mass is 729 g/mol. The zero-order chi connectivity index (χ0) is 43.3. The number of pyridine rings is 1. The topological polar surface area (TPSA) is 50.9 Å². The fraction of sp³-hybridized carbons (Fsp3) is 0.0769. The van der Waals surface area contributed by atoms with Gasteiger partial charge < -0.3 is 5.11 Å². The van der Waals surface area contributed by atoms with Gasteiger partial charge in [0.05, 0.1) is 22.3 Å². The van der Waals surface area contributed by atoms with Crippen molar-refractivity contribution in [3.8, 4) is 78.6 Å². The summed E-state index contributed by atoms with van der Waals surface area (Å²) < 4.78 is 53.5. The largest absolute Gasteiger partial charge is 0.507 e. The molecule has 270 valence electrons. The summed E-state index contributed by atoms with van der Waals surface area (Å²) in [6, 6.07) is 52.6. The van der Waals surface area contributed by atoms with Crippen molar-refractivity contribution in [2.24, 2.45) is 0 Å². The molecule has 0 atom stereocenters. The molecule has 0 aliphatic rings. The molecule has 0 saturated carbocycles. The van der Waals surface area contributed by atoms with E-state index in [1.165, 1.54) is 6.07 Å². The first-order chi connectivity index (χ1) is 29.7. The van der Waals surface area contributed by atoms with Gasteiger partial charge in [0, 0.05) is 31.2 Å². The molecule has 0 spiro atoms. The molecule has 7 aromatic carbocycles. The smallest absolute Gasteiger partial charge is 0.149 e. The Kier molecular flexibility index (Phi) is 7.26. The highest BCUT2D eigenvalue weighted by Crippen LogP contribution is 2.42. The van der Waals surface area contributed by atoms with Crippen molar-refractivity contribution in [1.29, 1.82) is 0 Å². The van der Waals surface area contributed by atoms with Crippen LogP contribution in [0.15, 0.2) is 170 Å². The van der Waals surface area contributed by atoms with Crippen LogP contribution in [0, 0.1) is 27.6 Å². The summed E-state index contributed by atoms with van der Waals surface area (Å²) in [6.07, 6.45) is 1.83. The molecule has 9 rings (SSSR count). The first-order valence-electron chi connectivity index (χ1n) is 21.5. The number of aromatic nitrogens is 3. The fourth-order valence-electron chi connectivity index (χ4n) is 7.63. The number of para-hydroxylation sites is 1. The Morgan fingerprint density at radius 3 is 1.91 bits per heavy atom. The van der Waals surface area contributed by atoms with Crippen LogP contribution in [0.5, 0.6) is 5.75 Å². The van der Waals surface area contributed by atoms with Gasteiger partial charge in [0.25, 0.3) is 0 Å². The van der Waals surface area contributed by atoms with Crippen molar-refractivity contribution in [1.82, 2.24) is 14.5 Å². The Morgan fingerprint density at radius 1 is 0.518 bits per heavy atom. The van der Waals surface area contributed by atoms with Crippen molar-refractivity contribution in [2.45, 2.75) is 27.6 Å². The maximum atomic E-state index is 11.7. The van der Waals surface area contributed by atoms with Gasteiger partial charge in [0.2, 0.25) is 0 Å². The molecule has 56 heavy (non-hydrogen) atoms. The first kappa shape index (κ1) is 28.4. The van der Waals surface area contributed by atoms with Crippen LogP contribution in [-0.2, 0) is 0 Å². The van der Waals surface area contributed by atoms with Gasteiger partial charge >= 0.3 is 0 Å². The summed E-state index contributed by atoms with van der Waals surface area (Å²) in [7, 11) is 0. The summed E-state index contributed by atoms with van der Waals surface area (Å²) in [4.78, 5) is 10.2. The quantitative estimate of drug-likeness (QED) is 0.178. The van der Waals surface area contributed by atoms with E-state index >= 15 is 0 Å². The summed E-state index contributed by atoms with van der Waals surface area (Å²) in [5.41, 5.74) is 11.4. The highest BCUT2D eigenvalue weighted by Gasteiger charge is 2.23. The van der Waals surface area contributed by atoms with Gasteiger partial charge in [-0.15, -0.1) is 0 Å². The third-order valence-corrected chi connectivity index (χ3v) is 10.4. The van der Waals surface area contributed by atoms with Gasteiger partial charge in [-0.3, -0.25) is 9.55 Å². The number of benzene rings is 7. The van der Waals surface area contributed by atoms with Crippen molar-refractivity contribution >= 4 is 11.0 Å². The average Bonchev–Trinajstić information content (AvgIpc) is 3.67. The zero-order valence-corrected chi connectivity index (χ0v) is 31.0. The molecular weight excluding hydrogens is 683 g/mol. The van der Waals surface area contributed by atoms with Crippen LogP contribution in [0.25, 0.3) is 83.9 Å². The van der Waals surface area contributed by atoms with Crippen LogP contribution in [0.3, 0.4) is 0 Å². The van der Waals surface area contributed by atoms with Crippen LogP contribution >= 0.6 is 0 Å². The molecular formula is C52H41N3O. The fourth-order valence-corrected chi connectivity index (χ4v) is 7.63. The Bertz CT molecular complexity index is 3120. The molecule has 4 heteroatoms. The average molecular weight is 730 g/mol. The SMILES string of the molecule is [2H]C([2H])([2H])c1cc(-n2c(-c3cc(C)cc(C)c3O)nc3c(-c4cc(-c5ccccc5)cc(-c5cc(-c6ccccc6)ccn5)c4)cccc32)cc(-c2ccccc2)c1C([2H])([2H])[2H]. The second-order valence-corrected chi connectivity index (χ2v) is 14.2. The van der Waals surface area contributed by atoms with E-state index in [-0.39, 0.29) is 22.4 Å². The molecule has 0 aliphatic heterocycles. The minimum absolute atomic E-state index is 0.0323. The van der Waals surface area contributed by atoms with E-state index in [4.69, 9.17) is 18.2 Å². The number of aryl methyl sites for hydroxylation is 3. The zero-order valence-electron chi connectivity index (χ0n) is 37.0. The van der Waals surface area contributed by atoms with E-state index in [1.807, 2.05) is 103 Å². The van der Waals surface area contributed by atoms with Crippen LogP contribution in [-0.4, -0.2) is 19.6 Å². The summed E-state index contributed by atoms with van der Waals surface area (Å²) in [5.74, 6) is 0.399. The lowest BCUT2D eigenvalue weighted by molar-refractivity contribution is 0.472. The lowest BCUT2D eigenvalue weighted by Gasteiger charge is -2.17. The van der Waals surface area contributed by atoms with Gasteiger partial charge in [-0.25, -0.2) is 4.98 Å². The highest BCUT2D eigenvalue weighted by atomic mass is 16.3. The number of phenolic OH excluding ortho intramolecular Hbond substituents is 1. The summed E-state index contributed by atoms with van der Waals surface area (Å²) in [6.45, 7) is -1.76. The van der Waals surface area contributed by atoms with Gasteiger partial charge in [0.1, 0.15) is 11.6 Å². The lowest BCUT2D eigenvalue weighted by atomic mass is 9.93. The molecule has 0 saturated heterocycles. The minimum Gasteiger partial charge on any atom is -0.507 e. The predicted molar refractivity (Wildman–Crippen MR) is 232 cm³/mol. The molecule has 0 unspecified atom stereocenters. The van der Waals surface area contributed by atoms with Gasteiger partial charge in [-0.05, 0) is 143 Å². The maximum Gasteiger partial charge on any atom is 0.149 e. The summed E-state index contributed by atoms with van der Waals surface area (Å²) >= 11 is 0. The van der Waals surface area contributed by atoms with E-state index in [0.29, 0.717) is 39.2 Å². The number of hydrogen-bond donors (Lipinski definition) is 1. The van der Waals surface area contributed by atoms with Crippen LogP contribution in [0.2, 0.25) is 0 Å². The van der Waals surface area contributed by atoms with Crippen LogP contribution in [0.1, 0.15) is 30.5 Å². The maximum absolute atomic E-state index is 11.7. The van der Waals surface area contributed by atoms with Gasteiger partial charge in [-0.1, -0.05) is 109 Å². The number of fused-ring (bicyclic) bond motifs is 1. The van der Waals surface area contributed by atoms with Crippen molar-refractivity contribution in [3.05, 3.63) is 192 Å². The first-order valence-corrected chi connectivity index (χ1v) is 18.5. The lowest BCUT2D eigenvalue weighted by Crippen LogP contribution is -2.01. The second-order valence-electron chi connectivity index (χ2n) is 14.2.